The second-order valence-electron chi connectivity index (χ2n) is 4.94. The molecular formula is C14H20N3O+. The minimum absolute atomic E-state index is 0.131. The molecule has 18 heavy (non-hydrogen) atoms. The van der Waals surface area contributed by atoms with E-state index < -0.39 is 0 Å². The van der Waals surface area contributed by atoms with Crippen molar-refractivity contribution in [2.75, 3.05) is 20.1 Å². The molecule has 0 atom stereocenters. The van der Waals surface area contributed by atoms with Crippen molar-refractivity contribution in [2.45, 2.75) is 19.8 Å². The van der Waals surface area contributed by atoms with Crippen molar-refractivity contribution in [1.29, 1.82) is 0 Å². The lowest BCUT2D eigenvalue weighted by molar-refractivity contribution is -0.880. The van der Waals surface area contributed by atoms with Crippen LogP contribution in [0.4, 0.5) is 0 Å². The number of benzene rings is 1. The van der Waals surface area contributed by atoms with E-state index in [1.165, 1.54) is 4.90 Å². The summed E-state index contributed by atoms with van der Waals surface area (Å²) in [6.45, 7) is 4.20. The van der Waals surface area contributed by atoms with Crippen LogP contribution in [0.15, 0.2) is 29.4 Å². The first-order chi connectivity index (χ1) is 8.65. The molecule has 1 saturated heterocycles. The maximum atomic E-state index is 11.8. The summed E-state index contributed by atoms with van der Waals surface area (Å²) in [5.41, 5.74) is 5.55. The van der Waals surface area contributed by atoms with Crippen molar-refractivity contribution in [3.63, 3.8) is 0 Å². The average Bonchev–Trinajstić information content (AvgIpc) is 2.38. The molecule has 0 bridgehead atoms. The normalized spacial score (nSPS) is 19.4. The van der Waals surface area contributed by atoms with Gasteiger partial charge in [0.25, 0.3) is 5.91 Å². The second-order valence-corrected chi connectivity index (χ2v) is 4.94. The van der Waals surface area contributed by atoms with E-state index in [2.05, 4.69) is 17.6 Å². The van der Waals surface area contributed by atoms with Gasteiger partial charge in [-0.05, 0) is 19.1 Å². The van der Waals surface area contributed by atoms with E-state index in [0.29, 0.717) is 5.56 Å². The molecule has 1 fully saturated rings. The molecule has 2 N–H and O–H groups in total. The Morgan fingerprint density at radius 3 is 2.44 bits per heavy atom. The highest BCUT2D eigenvalue weighted by Gasteiger charge is 2.14. The largest absolute Gasteiger partial charge is 0.337 e. The molecule has 1 heterocycles. The van der Waals surface area contributed by atoms with Crippen LogP contribution in [0.3, 0.4) is 0 Å². The molecule has 0 spiro atoms. The maximum Gasteiger partial charge on any atom is 0.271 e. The smallest absolute Gasteiger partial charge is 0.271 e. The number of piperidine rings is 1. The van der Waals surface area contributed by atoms with Crippen molar-refractivity contribution < 1.29 is 9.69 Å². The van der Waals surface area contributed by atoms with Gasteiger partial charge in [-0.2, -0.15) is 5.10 Å². The van der Waals surface area contributed by atoms with E-state index >= 15 is 0 Å². The molecule has 1 aliphatic rings. The van der Waals surface area contributed by atoms with E-state index in [-0.39, 0.29) is 5.91 Å². The number of amides is 1. The topological polar surface area (TPSA) is 45.9 Å². The third-order valence-corrected chi connectivity index (χ3v) is 3.31. The molecule has 96 valence electrons. The summed E-state index contributed by atoms with van der Waals surface area (Å²) in [6.07, 6.45) is 1.94. The van der Waals surface area contributed by atoms with Crippen molar-refractivity contribution in [3.8, 4) is 0 Å². The van der Waals surface area contributed by atoms with Gasteiger partial charge in [0.1, 0.15) is 0 Å². The number of likely N-dealkylation sites (tertiary alicyclic amines) is 1. The Kier molecular flexibility index (Phi) is 4.10. The van der Waals surface area contributed by atoms with Gasteiger partial charge in [0, 0.05) is 24.1 Å². The predicted octanol–water partition coefficient (Wildman–Crippen LogP) is 0.389. The summed E-state index contributed by atoms with van der Waals surface area (Å²) < 4.78 is 0. The molecule has 0 aliphatic carbocycles. The monoisotopic (exact) mass is 246 g/mol. The second kappa shape index (κ2) is 5.78. The molecule has 4 nitrogen and oxygen atoms in total. The first-order valence-corrected chi connectivity index (χ1v) is 6.39. The van der Waals surface area contributed by atoms with E-state index in [1.807, 2.05) is 31.2 Å². The summed E-state index contributed by atoms with van der Waals surface area (Å²) in [6, 6.07) is 7.51. The average molecular weight is 246 g/mol. The number of carbonyl (C=O) groups excluding carboxylic acids is 1. The molecule has 2 rings (SSSR count). The molecular weight excluding hydrogens is 226 g/mol. The van der Waals surface area contributed by atoms with Crippen LogP contribution < -0.4 is 10.3 Å². The number of hydrogen-bond donors (Lipinski definition) is 2. The predicted molar refractivity (Wildman–Crippen MR) is 71.9 cm³/mol. The van der Waals surface area contributed by atoms with E-state index in [9.17, 15) is 4.79 Å². The molecule has 1 aliphatic heterocycles. The summed E-state index contributed by atoms with van der Waals surface area (Å²) >= 11 is 0. The van der Waals surface area contributed by atoms with Crippen molar-refractivity contribution in [1.82, 2.24) is 5.43 Å². The van der Waals surface area contributed by atoms with Crippen LogP contribution in [0.2, 0.25) is 0 Å². The number of aryl methyl sites for hydroxylation is 1. The van der Waals surface area contributed by atoms with Crippen LogP contribution >= 0.6 is 0 Å². The molecule has 1 aromatic carbocycles. The van der Waals surface area contributed by atoms with Crippen LogP contribution in [-0.4, -0.2) is 31.8 Å². The van der Waals surface area contributed by atoms with Gasteiger partial charge in [-0.3, -0.25) is 4.79 Å². The fraction of sp³-hybridized carbons (Fsp3) is 0.429. The first-order valence-electron chi connectivity index (χ1n) is 6.39. The Hall–Kier alpha value is -1.68. The number of carbonyl (C=O) groups is 1. The lowest BCUT2D eigenvalue weighted by Crippen LogP contribution is -3.10. The molecule has 0 unspecified atom stereocenters. The number of nitrogens with one attached hydrogen (secondary N) is 2. The van der Waals surface area contributed by atoms with Crippen LogP contribution in [0, 0.1) is 6.92 Å². The fourth-order valence-electron chi connectivity index (χ4n) is 1.98. The summed E-state index contributed by atoms with van der Waals surface area (Å²) in [7, 11) is 2.18. The first kappa shape index (κ1) is 12.8. The standard InChI is InChI=1S/C14H19N3O/c1-11-3-5-12(6-4-11)14(18)16-15-13-7-9-17(2)10-8-13/h3-6H,7-10H2,1-2H3,(H,16,18)/p+1. The lowest BCUT2D eigenvalue weighted by Gasteiger charge is -2.20. The Morgan fingerprint density at radius 1 is 1.22 bits per heavy atom. The van der Waals surface area contributed by atoms with E-state index in [1.54, 1.807) is 0 Å². The number of nitrogens with zero attached hydrogens (tertiary/aromatic N) is 1. The Balaban J connectivity index is 1.92. The van der Waals surface area contributed by atoms with Gasteiger partial charge in [-0.1, -0.05) is 17.7 Å². The molecule has 0 saturated carbocycles. The zero-order valence-electron chi connectivity index (χ0n) is 11.0. The summed E-state index contributed by atoms with van der Waals surface area (Å²) in [4.78, 5) is 13.4. The number of rotatable bonds is 2. The minimum Gasteiger partial charge on any atom is -0.337 e. The maximum absolute atomic E-state index is 11.8. The van der Waals surface area contributed by atoms with Gasteiger partial charge in [0.15, 0.2) is 0 Å². The van der Waals surface area contributed by atoms with E-state index in [4.69, 9.17) is 0 Å². The van der Waals surface area contributed by atoms with Gasteiger partial charge >= 0.3 is 0 Å². The van der Waals surface area contributed by atoms with Crippen LogP contribution in [0.25, 0.3) is 0 Å². The number of hydrogen-bond acceptors (Lipinski definition) is 2. The SMILES string of the molecule is Cc1ccc(C(=O)NN=C2CC[NH+](C)CC2)cc1. The zero-order valence-corrected chi connectivity index (χ0v) is 11.0. The van der Waals surface area contributed by atoms with Gasteiger partial charge in [-0.25, -0.2) is 5.43 Å². The number of quaternary nitrogens is 1. The van der Waals surface area contributed by atoms with Crippen molar-refractivity contribution >= 4 is 11.6 Å². The number of hydrazone groups is 1. The molecule has 1 aromatic rings. The van der Waals surface area contributed by atoms with E-state index in [0.717, 1.165) is 37.2 Å². The zero-order chi connectivity index (χ0) is 13.0. The fourth-order valence-corrected chi connectivity index (χ4v) is 1.98. The molecule has 4 heteroatoms. The molecule has 0 radical (unpaired) electrons. The highest BCUT2D eigenvalue weighted by molar-refractivity contribution is 5.95. The Morgan fingerprint density at radius 2 is 1.83 bits per heavy atom. The highest BCUT2D eigenvalue weighted by atomic mass is 16.2. The Labute approximate surface area is 108 Å². The van der Waals surface area contributed by atoms with Crippen LogP contribution in [0.1, 0.15) is 28.8 Å². The van der Waals surface area contributed by atoms with Gasteiger partial charge in [-0.15, -0.1) is 0 Å². The van der Waals surface area contributed by atoms with Crippen LogP contribution in [-0.2, 0) is 0 Å². The minimum atomic E-state index is -0.131. The Bertz CT molecular complexity index is 441. The highest BCUT2D eigenvalue weighted by Crippen LogP contribution is 2.03. The van der Waals surface area contributed by atoms with Gasteiger partial charge in [0.2, 0.25) is 0 Å². The van der Waals surface area contributed by atoms with Crippen molar-refractivity contribution in [3.05, 3.63) is 35.4 Å². The molecule has 1 amide bonds. The lowest BCUT2D eigenvalue weighted by atomic mass is 10.1. The van der Waals surface area contributed by atoms with Gasteiger partial charge < -0.3 is 4.90 Å². The third-order valence-electron chi connectivity index (χ3n) is 3.31. The van der Waals surface area contributed by atoms with Crippen molar-refractivity contribution in [2.24, 2.45) is 5.10 Å². The summed E-state index contributed by atoms with van der Waals surface area (Å²) in [5.74, 6) is -0.131. The van der Waals surface area contributed by atoms with Gasteiger partial charge in [0.05, 0.1) is 20.1 Å². The summed E-state index contributed by atoms with van der Waals surface area (Å²) in [5, 5.41) is 4.22. The van der Waals surface area contributed by atoms with Crippen LogP contribution in [0.5, 0.6) is 0 Å². The molecule has 0 aromatic heterocycles. The quantitative estimate of drug-likeness (QED) is 0.729. The third kappa shape index (κ3) is 3.40.